The number of methoxy groups -OCH3 is 1. The van der Waals surface area contributed by atoms with Gasteiger partial charge in [-0.15, -0.1) is 0 Å². The molecule has 1 fully saturated rings. The number of unbranched alkanes of at least 4 members (excludes halogenated alkanes) is 2. The molecule has 6 heteroatoms. The third kappa shape index (κ3) is 4.73. The van der Waals surface area contributed by atoms with Crippen molar-refractivity contribution in [2.24, 2.45) is 0 Å². The van der Waals surface area contributed by atoms with E-state index in [1.165, 1.54) is 29.0 Å². The second-order valence-corrected chi connectivity index (χ2v) is 9.73. The molecule has 2 aliphatic rings. The Kier molecular flexibility index (Phi) is 6.68. The lowest BCUT2D eigenvalue weighted by Gasteiger charge is -2.23. The molecule has 0 unspecified atom stereocenters. The number of para-hydroxylation sites is 2. The summed E-state index contributed by atoms with van der Waals surface area (Å²) in [5.41, 5.74) is 3.47. The number of benzene rings is 2. The van der Waals surface area contributed by atoms with Crippen LogP contribution in [-0.4, -0.2) is 18.0 Å². The van der Waals surface area contributed by atoms with Crippen molar-refractivity contribution in [2.75, 3.05) is 23.7 Å². The monoisotopic (exact) mass is 473 g/mol. The van der Waals surface area contributed by atoms with Gasteiger partial charge in [-0.1, -0.05) is 61.9 Å². The van der Waals surface area contributed by atoms with Crippen molar-refractivity contribution < 1.29 is 9.47 Å². The number of nitrogens with one attached hydrogen (secondary N) is 2. The number of ether oxygens (including phenoxy) is 2. The van der Waals surface area contributed by atoms with Crippen LogP contribution in [0.5, 0.6) is 11.5 Å². The molecular weight excluding hydrogens is 442 g/mol. The highest BCUT2D eigenvalue weighted by Gasteiger charge is 2.48. The summed E-state index contributed by atoms with van der Waals surface area (Å²) in [7, 11) is 1.68. The molecule has 0 atom stereocenters. The van der Waals surface area contributed by atoms with E-state index in [0.29, 0.717) is 5.94 Å². The molecule has 0 spiro atoms. The Labute approximate surface area is 206 Å². The molecule has 0 bridgehead atoms. The SMILES string of the molecule is CCCCC=C(Nc1cccc(Nc2ccccc2OC)n1)C1(c2ccc3c(c2)OCS3)CC1. The molecule has 34 heavy (non-hydrogen) atoms. The number of hydrogen-bond donors (Lipinski definition) is 2. The minimum absolute atomic E-state index is 0.00709. The topological polar surface area (TPSA) is 55.4 Å². The van der Waals surface area contributed by atoms with Crippen molar-refractivity contribution in [2.45, 2.75) is 49.3 Å². The third-order valence-electron chi connectivity index (χ3n) is 6.48. The average Bonchev–Trinajstić information content (AvgIpc) is 3.54. The largest absolute Gasteiger partial charge is 0.495 e. The van der Waals surface area contributed by atoms with Crippen LogP contribution in [0.1, 0.15) is 44.6 Å². The lowest BCUT2D eigenvalue weighted by molar-refractivity contribution is 0.397. The molecule has 1 aliphatic heterocycles. The maximum absolute atomic E-state index is 5.84. The maximum atomic E-state index is 5.84. The Bertz CT molecular complexity index is 1190. The van der Waals surface area contributed by atoms with Gasteiger partial charge in [0.25, 0.3) is 0 Å². The molecule has 5 nitrogen and oxygen atoms in total. The van der Waals surface area contributed by atoms with E-state index in [-0.39, 0.29) is 5.41 Å². The first-order valence-electron chi connectivity index (χ1n) is 12.0. The Morgan fingerprint density at radius 3 is 2.79 bits per heavy atom. The van der Waals surface area contributed by atoms with Crippen molar-refractivity contribution in [1.29, 1.82) is 0 Å². The van der Waals surface area contributed by atoms with Crippen LogP contribution in [0.25, 0.3) is 0 Å². The minimum atomic E-state index is 0.00709. The van der Waals surface area contributed by atoms with E-state index in [2.05, 4.69) is 41.8 Å². The van der Waals surface area contributed by atoms with Gasteiger partial charge in [0.05, 0.1) is 17.7 Å². The number of aromatic nitrogens is 1. The first-order valence-corrected chi connectivity index (χ1v) is 13.0. The predicted octanol–water partition coefficient (Wildman–Crippen LogP) is 7.49. The highest BCUT2D eigenvalue weighted by molar-refractivity contribution is 7.99. The van der Waals surface area contributed by atoms with Gasteiger partial charge >= 0.3 is 0 Å². The zero-order valence-corrected chi connectivity index (χ0v) is 20.6. The molecule has 5 rings (SSSR count). The lowest BCUT2D eigenvalue weighted by Crippen LogP contribution is -2.18. The Hall–Kier alpha value is -3.12. The summed E-state index contributed by atoms with van der Waals surface area (Å²) < 4.78 is 11.3. The fraction of sp³-hybridized carbons (Fsp3) is 0.321. The van der Waals surface area contributed by atoms with Gasteiger partial charge in [-0.3, -0.25) is 0 Å². The van der Waals surface area contributed by atoms with Crippen molar-refractivity contribution in [3.8, 4) is 11.5 Å². The molecule has 1 aromatic heterocycles. The number of thioether (sulfide) groups is 1. The minimum Gasteiger partial charge on any atom is -0.495 e. The van der Waals surface area contributed by atoms with E-state index < -0.39 is 0 Å². The van der Waals surface area contributed by atoms with Gasteiger partial charge in [-0.05, 0) is 61.2 Å². The van der Waals surface area contributed by atoms with E-state index in [1.807, 2.05) is 42.5 Å². The van der Waals surface area contributed by atoms with Crippen LogP contribution in [0.4, 0.5) is 17.3 Å². The van der Waals surface area contributed by atoms with Gasteiger partial charge in [0, 0.05) is 11.1 Å². The zero-order valence-electron chi connectivity index (χ0n) is 19.8. The van der Waals surface area contributed by atoms with Gasteiger partial charge in [-0.2, -0.15) is 0 Å². The maximum Gasteiger partial charge on any atom is 0.142 e. The molecule has 0 amide bonds. The van der Waals surface area contributed by atoms with Gasteiger partial charge in [0.2, 0.25) is 0 Å². The number of hydrogen-bond acceptors (Lipinski definition) is 6. The standard InChI is InChI=1S/C28H31N3O2S/c1-3-4-5-11-25(28(16-17-28)20-14-15-24-23(18-20)33-19-34-24)30-27-13-8-12-26(31-27)29-21-9-6-7-10-22(21)32-2/h6-15,18H,3-5,16-17,19H2,1-2H3,(H2,29,30,31). The number of pyridine rings is 1. The summed E-state index contributed by atoms with van der Waals surface area (Å²) in [4.78, 5) is 6.09. The number of rotatable bonds is 10. The fourth-order valence-corrected chi connectivity index (χ4v) is 5.18. The summed E-state index contributed by atoms with van der Waals surface area (Å²) in [5.74, 6) is 4.12. The molecular formula is C28H31N3O2S. The van der Waals surface area contributed by atoms with Crippen LogP contribution >= 0.6 is 11.8 Å². The predicted molar refractivity (Wildman–Crippen MR) is 140 cm³/mol. The van der Waals surface area contributed by atoms with Gasteiger partial charge in [-0.25, -0.2) is 4.98 Å². The normalized spacial score (nSPS) is 15.9. The van der Waals surface area contributed by atoms with E-state index in [4.69, 9.17) is 14.5 Å². The molecule has 176 valence electrons. The highest BCUT2D eigenvalue weighted by atomic mass is 32.2. The first kappa shape index (κ1) is 22.7. The molecule has 1 saturated carbocycles. The van der Waals surface area contributed by atoms with Crippen LogP contribution < -0.4 is 20.1 Å². The van der Waals surface area contributed by atoms with E-state index >= 15 is 0 Å². The zero-order chi connectivity index (χ0) is 23.4. The van der Waals surface area contributed by atoms with Crippen LogP contribution in [0, 0.1) is 0 Å². The molecule has 2 aromatic carbocycles. The summed E-state index contributed by atoms with van der Waals surface area (Å²) in [6.07, 6.45) is 8.04. The van der Waals surface area contributed by atoms with E-state index in [0.717, 1.165) is 48.1 Å². The van der Waals surface area contributed by atoms with E-state index in [9.17, 15) is 0 Å². The third-order valence-corrected chi connectivity index (χ3v) is 7.36. The molecule has 2 N–H and O–H groups in total. The Morgan fingerprint density at radius 1 is 1.12 bits per heavy atom. The van der Waals surface area contributed by atoms with Gasteiger partial charge in [0.1, 0.15) is 29.1 Å². The van der Waals surface area contributed by atoms with Crippen LogP contribution in [-0.2, 0) is 5.41 Å². The summed E-state index contributed by atoms with van der Waals surface area (Å²) in [6.45, 7) is 2.23. The lowest BCUT2D eigenvalue weighted by atomic mass is 9.91. The quantitative estimate of drug-likeness (QED) is 0.297. The molecule has 0 saturated heterocycles. The number of anilines is 3. The van der Waals surface area contributed by atoms with Crippen molar-refractivity contribution in [1.82, 2.24) is 4.98 Å². The molecule has 2 heterocycles. The second-order valence-electron chi connectivity index (χ2n) is 8.77. The van der Waals surface area contributed by atoms with Crippen molar-refractivity contribution in [3.05, 3.63) is 78.0 Å². The fourth-order valence-electron chi connectivity index (χ4n) is 4.45. The van der Waals surface area contributed by atoms with E-state index in [1.54, 1.807) is 18.9 Å². The molecule has 1 aliphatic carbocycles. The second kappa shape index (κ2) is 10.0. The number of nitrogens with zero attached hydrogens (tertiary/aromatic N) is 1. The Balaban J connectivity index is 1.41. The number of fused-ring (bicyclic) bond motifs is 1. The number of allylic oxidation sites excluding steroid dienone is 2. The summed E-state index contributed by atoms with van der Waals surface area (Å²) >= 11 is 1.76. The van der Waals surface area contributed by atoms with Crippen LogP contribution in [0.3, 0.4) is 0 Å². The summed E-state index contributed by atoms with van der Waals surface area (Å²) in [6, 6.07) is 20.6. The van der Waals surface area contributed by atoms with Crippen molar-refractivity contribution >= 4 is 29.1 Å². The first-order chi connectivity index (χ1) is 16.7. The van der Waals surface area contributed by atoms with Crippen LogP contribution in [0.2, 0.25) is 0 Å². The Morgan fingerprint density at radius 2 is 1.97 bits per heavy atom. The van der Waals surface area contributed by atoms with Gasteiger partial charge < -0.3 is 20.1 Å². The smallest absolute Gasteiger partial charge is 0.142 e. The molecule has 0 radical (unpaired) electrons. The highest BCUT2D eigenvalue weighted by Crippen LogP contribution is 2.55. The van der Waals surface area contributed by atoms with Gasteiger partial charge in [0.15, 0.2) is 0 Å². The molecule has 3 aromatic rings. The average molecular weight is 474 g/mol. The summed E-state index contributed by atoms with van der Waals surface area (Å²) in [5, 5.41) is 7.08. The van der Waals surface area contributed by atoms with Crippen LogP contribution in [0.15, 0.2) is 77.3 Å². The van der Waals surface area contributed by atoms with Crippen molar-refractivity contribution in [3.63, 3.8) is 0 Å².